The first-order valence-electron chi connectivity index (χ1n) is 4.02. The first kappa shape index (κ1) is 10.0. The molecule has 6 heteroatoms. The molecule has 4 nitrogen and oxygen atoms in total. The average molecular weight is 193 g/mol. The lowest BCUT2D eigenvalue weighted by Crippen LogP contribution is -2.37. The van der Waals surface area contributed by atoms with Gasteiger partial charge in [0.15, 0.2) is 0 Å². The van der Waals surface area contributed by atoms with Crippen LogP contribution in [0.2, 0.25) is 0 Å². The third-order valence-corrected chi connectivity index (χ3v) is 1.68. The monoisotopic (exact) mass is 193 g/mol. The molecule has 0 bridgehead atoms. The Morgan fingerprint density at radius 1 is 1.46 bits per heavy atom. The molecule has 0 radical (unpaired) electrons. The molecule has 1 aliphatic rings. The lowest BCUT2D eigenvalue weighted by Gasteiger charge is -2.23. The van der Waals surface area contributed by atoms with E-state index in [1.165, 1.54) is 0 Å². The zero-order valence-electron chi connectivity index (χ0n) is 7.87. The van der Waals surface area contributed by atoms with Gasteiger partial charge in [0.25, 0.3) is 0 Å². The van der Waals surface area contributed by atoms with Gasteiger partial charge >= 0.3 is 12.6 Å². The van der Waals surface area contributed by atoms with E-state index in [-0.39, 0.29) is 12.1 Å². The largest absolute Gasteiger partial charge is 0.401 e. The number of alkyl halides is 2. The maximum absolute atomic E-state index is 11.9. The van der Waals surface area contributed by atoms with Crippen molar-refractivity contribution in [3.63, 3.8) is 0 Å². The summed E-state index contributed by atoms with van der Waals surface area (Å²) >= 11 is 0. The lowest BCUT2D eigenvalue weighted by atomic mass is 10.4. The van der Waals surface area contributed by atoms with Crippen LogP contribution in [0.4, 0.5) is 8.78 Å². The van der Waals surface area contributed by atoms with Crippen LogP contribution in [0.3, 0.4) is 0 Å². The van der Waals surface area contributed by atoms with E-state index in [9.17, 15) is 8.78 Å². The van der Waals surface area contributed by atoms with Crippen molar-refractivity contribution >= 4 is 6.02 Å². The number of hydrogen-bond acceptors (Lipinski definition) is 4. The third kappa shape index (κ3) is 2.43. The topological polar surface area (TPSA) is 28.1 Å². The highest BCUT2D eigenvalue weighted by Crippen LogP contribution is 2.12. The molecule has 1 aliphatic heterocycles. The predicted molar refractivity (Wildman–Crippen MR) is 44.1 cm³/mol. The third-order valence-electron chi connectivity index (χ3n) is 1.68. The van der Waals surface area contributed by atoms with Crippen molar-refractivity contribution in [3.05, 3.63) is 0 Å². The van der Waals surface area contributed by atoms with Crippen molar-refractivity contribution in [1.29, 1.82) is 0 Å². The van der Waals surface area contributed by atoms with Gasteiger partial charge in [0.1, 0.15) is 6.67 Å². The number of hydrazone groups is 1. The molecule has 0 saturated heterocycles. The molecule has 0 N–H and O–H groups in total. The van der Waals surface area contributed by atoms with Gasteiger partial charge in [-0.05, 0) is 13.8 Å². The smallest absolute Gasteiger partial charge is 0.389 e. The van der Waals surface area contributed by atoms with Crippen LogP contribution in [0.5, 0.6) is 0 Å². The van der Waals surface area contributed by atoms with Crippen LogP contribution < -0.4 is 0 Å². The summed E-state index contributed by atoms with van der Waals surface area (Å²) in [7, 11) is 1.71. The van der Waals surface area contributed by atoms with Crippen molar-refractivity contribution in [2.75, 3.05) is 13.7 Å². The van der Waals surface area contributed by atoms with E-state index in [4.69, 9.17) is 0 Å². The summed E-state index contributed by atoms with van der Waals surface area (Å²) in [6.07, 6.45) is 0. The van der Waals surface area contributed by atoms with E-state index >= 15 is 0 Å². The Labute approximate surface area is 75.8 Å². The molecule has 1 heterocycles. The van der Waals surface area contributed by atoms with Crippen LogP contribution in [0.15, 0.2) is 5.10 Å². The number of halogens is 2. The fourth-order valence-corrected chi connectivity index (χ4v) is 1.07. The number of amidine groups is 1. The van der Waals surface area contributed by atoms with Gasteiger partial charge in [-0.15, -0.1) is 5.10 Å². The molecule has 0 amide bonds. The molecular formula is C7H13F2N3O. The molecule has 13 heavy (non-hydrogen) atoms. The molecule has 0 spiro atoms. The first-order valence-corrected chi connectivity index (χ1v) is 4.02. The Morgan fingerprint density at radius 2 is 2.08 bits per heavy atom. The molecule has 0 atom stereocenters. The summed E-state index contributed by atoms with van der Waals surface area (Å²) in [5, 5.41) is 5.36. The number of ether oxygens (including phenoxy) is 1. The van der Waals surface area contributed by atoms with Crippen LogP contribution in [-0.2, 0) is 4.74 Å². The molecule has 0 unspecified atom stereocenters. The fraction of sp³-hybridized carbons (Fsp3) is 0.857. The number of hydrogen-bond donors (Lipinski definition) is 0. The molecule has 0 fully saturated rings. The second kappa shape index (κ2) is 3.76. The predicted octanol–water partition coefficient (Wildman–Crippen LogP) is 1.11. The van der Waals surface area contributed by atoms with Gasteiger partial charge in [-0.1, -0.05) is 0 Å². The number of nitrogens with zero attached hydrogens (tertiary/aromatic N) is 3. The van der Waals surface area contributed by atoms with Crippen molar-refractivity contribution in [3.8, 4) is 0 Å². The Hall–Kier alpha value is -1.07. The fourth-order valence-electron chi connectivity index (χ4n) is 1.07. The summed E-state index contributed by atoms with van der Waals surface area (Å²) in [6, 6.07) is 0.0925. The first-order chi connectivity index (χ1) is 6.00. The van der Waals surface area contributed by atoms with E-state index in [1.54, 1.807) is 17.0 Å². The minimum absolute atomic E-state index is 0.00694. The average Bonchev–Trinajstić information content (AvgIpc) is 2.29. The van der Waals surface area contributed by atoms with Crippen molar-refractivity contribution in [1.82, 2.24) is 9.91 Å². The molecule has 0 aromatic heterocycles. The maximum atomic E-state index is 11.9. The summed E-state index contributed by atoms with van der Waals surface area (Å²) in [5.74, 6) is 0. The van der Waals surface area contributed by atoms with Crippen molar-refractivity contribution < 1.29 is 13.5 Å². The second-order valence-corrected chi connectivity index (χ2v) is 3.12. The van der Waals surface area contributed by atoms with Crippen LogP contribution >= 0.6 is 0 Å². The molecule has 0 aliphatic carbocycles. The Kier molecular flexibility index (Phi) is 2.90. The van der Waals surface area contributed by atoms with E-state index in [1.807, 2.05) is 13.8 Å². The molecule has 0 saturated carbocycles. The Balaban J connectivity index is 2.62. The number of rotatable bonds is 2. The minimum Gasteiger partial charge on any atom is -0.401 e. The van der Waals surface area contributed by atoms with Gasteiger partial charge < -0.3 is 9.64 Å². The molecule has 1 rings (SSSR count). The van der Waals surface area contributed by atoms with E-state index in [0.29, 0.717) is 6.67 Å². The van der Waals surface area contributed by atoms with Crippen LogP contribution in [0.25, 0.3) is 0 Å². The summed E-state index contributed by atoms with van der Waals surface area (Å²) < 4.78 is 28.1. The van der Waals surface area contributed by atoms with Crippen LogP contribution in [-0.4, -0.2) is 42.3 Å². The van der Waals surface area contributed by atoms with Gasteiger partial charge in [-0.3, -0.25) is 5.01 Å². The SMILES string of the molecule is CC(C)N1CN(C)N=C1OC(F)F. The second-order valence-electron chi connectivity index (χ2n) is 3.12. The normalized spacial score (nSPS) is 17.3. The van der Waals surface area contributed by atoms with Gasteiger partial charge in [-0.2, -0.15) is 8.78 Å². The van der Waals surface area contributed by atoms with Crippen LogP contribution in [0, 0.1) is 0 Å². The van der Waals surface area contributed by atoms with Crippen LogP contribution in [0.1, 0.15) is 13.8 Å². The summed E-state index contributed by atoms with van der Waals surface area (Å²) in [6.45, 7) is 1.46. The summed E-state index contributed by atoms with van der Waals surface area (Å²) in [4.78, 5) is 1.66. The highest BCUT2D eigenvalue weighted by molar-refractivity contribution is 5.75. The quantitative estimate of drug-likeness (QED) is 0.657. The minimum atomic E-state index is -2.81. The highest BCUT2D eigenvalue weighted by Gasteiger charge is 2.26. The lowest BCUT2D eigenvalue weighted by molar-refractivity contribution is -0.0704. The van der Waals surface area contributed by atoms with E-state index in [2.05, 4.69) is 9.84 Å². The van der Waals surface area contributed by atoms with Gasteiger partial charge in [-0.25, -0.2) is 0 Å². The Morgan fingerprint density at radius 3 is 2.54 bits per heavy atom. The van der Waals surface area contributed by atoms with E-state index < -0.39 is 6.61 Å². The van der Waals surface area contributed by atoms with Gasteiger partial charge in [0.2, 0.25) is 0 Å². The molecule has 0 aromatic carbocycles. The molecule has 0 aromatic rings. The molecular weight excluding hydrogens is 180 g/mol. The standard InChI is InChI=1S/C7H13F2N3O/c1-5(2)12-4-11(3)10-7(12)13-6(8)9/h5-6H,4H2,1-3H3. The summed E-state index contributed by atoms with van der Waals surface area (Å²) in [5.41, 5.74) is 0. The maximum Gasteiger partial charge on any atom is 0.389 e. The van der Waals surface area contributed by atoms with Crippen molar-refractivity contribution in [2.24, 2.45) is 5.10 Å². The zero-order valence-corrected chi connectivity index (χ0v) is 7.87. The van der Waals surface area contributed by atoms with Gasteiger partial charge in [0.05, 0.1) is 0 Å². The zero-order chi connectivity index (χ0) is 10.0. The highest BCUT2D eigenvalue weighted by atomic mass is 19.3. The van der Waals surface area contributed by atoms with Crippen molar-refractivity contribution in [2.45, 2.75) is 26.5 Å². The van der Waals surface area contributed by atoms with Gasteiger partial charge in [0, 0.05) is 13.1 Å². The molecule has 76 valence electrons. The van der Waals surface area contributed by atoms with E-state index in [0.717, 1.165) is 0 Å². The Bertz CT molecular complexity index is 208.